The first-order valence-electron chi connectivity index (χ1n) is 10.2. The van der Waals surface area contributed by atoms with Crippen LogP contribution in [0.1, 0.15) is 33.1 Å². The Kier molecular flexibility index (Phi) is 7.15. The molecule has 4 rings (SSSR count). The third kappa shape index (κ3) is 5.34. The first-order chi connectivity index (χ1) is 14.4. The van der Waals surface area contributed by atoms with Crippen LogP contribution in [0.5, 0.6) is 0 Å². The lowest BCUT2D eigenvalue weighted by Gasteiger charge is -2.36. The number of piperidine rings is 1. The average molecular weight is 447 g/mol. The molecule has 1 saturated carbocycles. The molecular formula is C23H28ClFN4O2. The first-order valence-corrected chi connectivity index (χ1v) is 10.5. The topological polar surface area (TPSA) is 65.5 Å². The number of carbonyl (C=O) groups is 2. The normalized spacial score (nSPS) is 16.4. The van der Waals surface area contributed by atoms with Gasteiger partial charge in [0.15, 0.2) is 0 Å². The molecule has 1 saturated heterocycles. The van der Waals surface area contributed by atoms with Crippen LogP contribution < -0.4 is 5.32 Å². The molecule has 0 bridgehead atoms. The van der Waals surface area contributed by atoms with Gasteiger partial charge in [-0.1, -0.05) is 31.2 Å². The Morgan fingerprint density at radius 1 is 1.19 bits per heavy atom. The number of hydrogen-bond acceptors (Lipinski definition) is 3. The number of benzene rings is 1. The van der Waals surface area contributed by atoms with E-state index in [-0.39, 0.29) is 37.1 Å². The Morgan fingerprint density at radius 2 is 1.90 bits per heavy atom. The maximum atomic E-state index is 13.5. The van der Waals surface area contributed by atoms with Gasteiger partial charge in [0.2, 0.25) is 5.91 Å². The largest absolute Gasteiger partial charge is 0.342 e. The SMILES string of the molecule is C.CN(C(=O)Nc1cnc(-c2cccc(F)c2)c(Cl)c1)C1CCN(C(=O)C2CC2)CC1. The number of anilines is 1. The van der Waals surface area contributed by atoms with Crippen molar-refractivity contribution < 1.29 is 14.0 Å². The summed E-state index contributed by atoms with van der Waals surface area (Å²) in [6.07, 6.45) is 5.06. The van der Waals surface area contributed by atoms with E-state index in [9.17, 15) is 14.0 Å². The number of hydrogen-bond donors (Lipinski definition) is 1. The average Bonchev–Trinajstić information content (AvgIpc) is 3.58. The van der Waals surface area contributed by atoms with Crippen molar-refractivity contribution in [2.45, 2.75) is 39.2 Å². The fraction of sp³-hybridized carbons (Fsp3) is 0.435. The van der Waals surface area contributed by atoms with E-state index in [1.165, 1.54) is 18.3 Å². The summed E-state index contributed by atoms with van der Waals surface area (Å²) >= 11 is 6.32. The lowest BCUT2D eigenvalue weighted by molar-refractivity contribution is -0.133. The number of likely N-dealkylation sites (tertiary alicyclic amines) is 1. The molecule has 1 aliphatic carbocycles. The zero-order valence-electron chi connectivity index (χ0n) is 16.8. The number of nitrogens with one attached hydrogen (secondary N) is 1. The first kappa shape index (κ1) is 23.0. The monoisotopic (exact) mass is 446 g/mol. The van der Waals surface area contributed by atoms with Crippen molar-refractivity contribution in [3.8, 4) is 11.3 Å². The fourth-order valence-corrected chi connectivity index (χ4v) is 4.07. The molecule has 2 heterocycles. The van der Waals surface area contributed by atoms with Crippen molar-refractivity contribution >= 4 is 29.2 Å². The van der Waals surface area contributed by atoms with Crippen molar-refractivity contribution in [3.63, 3.8) is 0 Å². The molecule has 6 nitrogen and oxygen atoms in total. The van der Waals surface area contributed by atoms with Gasteiger partial charge in [-0.15, -0.1) is 0 Å². The van der Waals surface area contributed by atoms with Crippen LogP contribution in [0.25, 0.3) is 11.3 Å². The summed E-state index contributed by atoms with van der Waals surface area (Å²) in [4.78, 5) is 32.7. The smallest absolute Gasteiger partial charge is 0.321 e. The van der Waals surface area contributed by atoms with E-state index in [4.69, 9.17) is 11.6 Å². The number of nitrogens with zero attached hydrogens (tertiary/aromatic N) is 3. The Labute approximate surface area is 187 Å². The highest BCUT2D eigenvalue weighted by atomic mass is 35.5. The molecule has 1 aromatic heterocycles. The number of rotatable bonds is 4. The van der Waals surface area contributed by atoms with Gasteiger partial charge in [0.05, 0.1) is 22.6 Å². The second-order valence-corrected chi connectivity index (χ2v) is 8.34. The molecule has 0 atom stereocenters. The molecule has 0 spiro atoms. The molecule has 2 fully saturated rings. The number of amides is 3. The van der Waals surface area contributed by atoms with Gasteiger partial charge in [0.1, 0.15) is 5.82 Å². The summed E-state index contributed by atoms with van der Waals surface area (Å²) in [6, 6.07) is 7.47. The predicted octanol–water partition coefficient (Wildman–Crippen LogP) is 5.04. The third-order valence-electron chi connectivity index (χ3n) is 5.76. The van der Waals surface area contributed by atoms with E-state index >= 15 is 0 Å². The van der Waals surface area contributed by atoms with E-state index in [1.807, 2.05) is 4.90 Å². The van der Waals surface area contributed by atoms with E-state index < -0.39 is 0 Å². The standard InChI is InChI=1S/C22H24ClFN4O2.CH4/c1-27(18-7-9-28(10-8-18)21(29)14-5-6-14)22(30)26-17-12-19(23)20(25-13-17)15-3-2-4-16(24)11-15;/h2-4,11-14,18H,5-10H2,1H3,(H,26,30);1H4. The summed E-state index contributed by atoms with van der Waals surface area (Å²) in [6.45, 7) is 1.38. The maximum Gasteiger partial charge on any atom is 0.321 e. The molecule has 0 radical (unpaired) electrons. The van der Waals surface area contributed by atoms with Crippen LogP contribution in [0.2, 0.25) is 5.02 Å². The van der Waals surface area contributed by atoms with Gasteiger partial charge in [0, 0.05) is 37.7 Å². The van der Waals surface area contributed by atoms with Gasteiger partial charge in [-0.05, 0) is 43.9 Å². The summed E-state index contributed by atoms with van der Waals surface area (Å²) < 4.78 is 13.5. The van der Waals surface area contributed by atoms with Gasteiger partial charge in [-0.25, -0.2) is 9.18 Å². The van der Waals surface area contributed by atoms with E-state index in [0.29, 0.717) is 35.1 Å². The second kappa shape index (κ2) is 9.64. The number of halogens is 2. The van der Waals surface area contributed by atoms with Crippen molar-refractivity contribution in [3.05, 3.63) is 47.4 Å². The van der Waals surface area contributed by atoms with Crippen molar-refractivity contribution in [2.24, 2.45) is 5.92 Å². The Balaban J connectivity index is 0.00000272. The molecule has 2 aromatic rings. The molecule has 3 amide bonds. The summed E-state index contributed by atoms with van der Waals surface area (Å²) in [5.74, 6) is 0.129. The van der Waals surface area contributed by atoms with Crippen molar-refractivity contribution in [2.75, 3.05) is 25.5 Å². The van der Waals surface area contributed by atoms with Gasteiger partial charge in [0.25, 0.3) is 0 Å². The van der Waals surface area contributed by atoms with Crippen LogP contribution in [0, 0.1) is 11.7 Å². The maximum absolute atomic E-state index is 13.5. The molecule has 8 heteroatoms. The Bertz CT molecular complexity index is 958. The fourth-order valence-electron chi connectivity index (χ4n) is 3.79. The van der Waals surface area contributed by atoms with Crippen molar-refractivity contribution in [1.82, 2.24) is 14.8 Å². The Morgan fingerprint density at radius 3 is 2.52 bits per heavy atom. The third-order valence-corrected chi connectivity index (χ3v) is 6.05. The van der Waals surface area contributed by atoms with Gasteiger partial charge >= 0.3 is 6.03 Å². The quantitative estimate of drug-likeness (QED) is 0.715. The zero-order valence-corrected chi connectivity index (χ0v) is 17.5. The van der Waals surface area contributed by atoms with Gasteiger partial charge in [-0.3, -0.25) is 9.78 Å². The molecule has 31 heavy (non-hydrogen) atoms. The summed E-state index contributed by atoms with van der Waals surface area (Å²) in [7, 11) is 1.76. The van der Waals surface area contributed by atoms with Crippen LogP contribution >= 0.6 is 11.6 Å². The minimum absolute atomic E-state index is 0. The van der Waals surface area contributed by atoms with Crippen LogP contribution in [-0.2, 0) is 4.79 Å². The zero-order chi connectivity index (χ0) is 21.3. The number of aromatic nitrogens is 1. The lowest BCUT2D eigenvalue weighted by atomic mass is 10.0. The molecule has 1 N–H and O–H groups in total. The highest BCUT2D eigenvalue weighted by Gasteiger charge is 2.35. The van der Waals surface area contributed by atoms with Gasteiger partial charge < -0.3 is 15.1 Å². The highest BCUT2D eigenvalue weighted by Crippen LogP contribution is 2.32. The van der Waals surface area contributed by atoms with Crippen LogP contribution in [0.15, 0.2) is 36.5 Å². The highest BCUT2D eigenvalue weighted by molar-refractivity contribution is 6.33. The van der Waals surface area contributed by atoms with E-state index in [1.54, 1.807) is 30.1 Å². The Hall–Kier alpha value is -2.67. The number of urea groups is 1. The predicted molar refractivity (Wildman–Crippen MR) is 120 cm³/mol. The van der Waals surface area contributed by atoms with Crippen LogP contribution in [0.3, 0.4) is 0 Å². The molecular weight excluding hydrogens is 419 g/mol. The summed E-state index contributed by atoms with van der Waals surface area (Å²) in [5.41, 5.74) is 1.50. The minimum Gasteiger partial charge on any atom is -0.342 e. The number of carbonyl (C=O) groups excluding carboxylic acids is 2. The van der Waals surface area contributed by atoms with E-state index in [2.05, 4.69) is 10.3 Å². The number of pyridine rings is 1. The summed E-state index contributed by atoms with van der Waals surface area (Å²) in [5, 5.41) is 3.14. The minimum atomic E-state index is -0.366. The van der Waals surface area contributed by atoms with Crippen LogP contribution in [0.4, 0.5) is 14.9 Å². The second-order valence-electron chi connectivity index (χ2n) is 7.94. The molecule has 0 unspecified atom stereocenters. The molecule has 166 valence electrons. The van der Waals surface area contributed by atoms with Gasteiger partial charge in [-0.2, -0.15) is 0 Å². The van der Waals surface area contributed by atoms with Crippen molar-refractivity contribution in [1.29, 1.82) is 0 Å². The molecule has 2 aliphatic rings. The van der Waals surface area contributed by atoms with E-state index in [0.717, 1.165) is 25.7 Å². The van der Waals surface area contributed by atoms with Crippen LogP contribution in [-0.4, -0.2) is 52.9 Å². The lowest BCUT2D eigenvalue weighted by Crippen LogP contribution is -2.48. The molecule has 1 aromatic carbocycles. The molecule has 1 aliphatic heterocycles.